The molecule has 0 aliphatic carbocycles. The smallest absolute Gasteiger partial charge is 0.151 e. The van der Waals surface area contributed by atoms with E-state index in [4.69, 9.17) is 0 Å². The molecule has 0 N–H and O–H groups in total. The fraction of sp³-hybridized carbons (Fsp3) is 0.462. The van der Waals surface area contributed by atoms with Gasteiger partial charge >= 0.3 is 0 Å². The van der Waals surface area contributed by atoms with Gasteiger partial charge in [-0.05, 0) is 31.0 Å². The third-order valence-corrected chi connectivity index (χ3v) is 3.03. The molecule has 0 bridgehead atoms. The molecule has 0 fully saturated rings. The van der Waals surface area contributed by atoms with Gasteiger partial charge in [-0.15, -0.1) is 0 Å². The monoisotopic (exact) mass is 255 g/mol. The second kappa shape index (κ2) is 7.45. The highest BCUT2D eigenvalue weighted by molar-refractivity contribution is 7.98. The molecule has 0 radical (unpaired) electrons. The van der Waals surface area contributed by atoms with E-state index in [2.05, 4.69) is 0 Å². The minimum absolute atomic E-state index is 0.167. The molecule has 1 aromatic carbocycles. The number of rotatable bonds is 7. The minimum atomic E-state index is -0.265. The zero-order valence-electron chi connectivity index (χ0n) is 10.3. The first-order valence-corrected chi connectivity index (χ1v) is 6.95. The van der Waals surface area contributed by atoms with Crippen LogP contribution in [0.5, 0.6) is 0 Å². The molecule has 17 heavy (non-hydrogen) atoms. The van der Waals surface area contributed by atoms with Gasteiger partial charge in [0.15, 0.2) is 5.78 Å². The van der Waals surface area contributed by atoms with Gasteiger partial charge in [0.25, 0.3) is 0 Å². The van der Waals surface area contributed by atoms with Gasteiger partial charge < -0.3 is 0 Å². The Balaban J connectivity index is 2.36. The average Bonchev–Trinajstić information content (AvgIpc) is 2.29. The molecule has 0 atom stereocenters. The topological polar surface area (TPSA) is 20.3 Å². The molecule has 0 aliphatic heterocycles. The molecule has 0 amide bonds. The lowest BCUT2D eigenvalue weighted by molar-refractivity contribution is -0.119. The van der Waals surface area contributed by atoms with Crippen LogP contribution in [0.25, 0.3) is 0 Å². The maximum Gasteiger partial charge on any atom is 0.151 e. The number of carbonyl (C=O) groups is 1. The standard InChI is InChI=1S/C13H18FNOS/c1-15(7-8-17-2)10-13(16)9-11-3-5-12(14)6-4-11/h3-6H,7-10H2,1-2H3. The minimum Gasteiger partial charge on any atom is -0.298 e. The molecule has 0 saturated heterocycles. The molecule has 1 aromatic rings. The molecular formula is C13H18FNOS. The molecule has 0 aliphatic rings. The van der Waals surface area contributed by atoms with Gasteiger partial charge in [-0.25, -0.2) is 4.39 Å². The van der Waals surface area contributed by atoms with E-state index in [0.29, 0.717) is 13.0 Å². The Morgan fingerprint density at radius 1 is 1.35 bits per heavy atom. The van der Waals surface area contributed by atoms with E-state index in [-0.39, 0.29) is 11.6 Å². The molecule has 0 saturated carbocycles. The third-order valence-electron chi connectivity index (χ3n) is 2.44. The van der Waals surface area contributed by atoms with Gasteiger partial charge in [0.1, 0.15) is 5.82 Å². The second-order valence-electron chi connectivity index (χ2n) is 4.07. The first kappa shape index (κ1) is 14.2. The van der Waals surface area contributed by atoms with Crippen molar-refractivity contribution in [2.75, 3.05) is 32.1 Å². The van der Waals surface area contributed by atoms with Crippen molar-refractivity contribution in [3.8, 4) is 0 Å². The highest BCUT2D eigenvalue weighted by atomic mass is 32.2. The normalized spacial score (nSPS) is 10.8. The molecule has 0 aromatic heterocycles. The van der Waals surface area contributed by atoms with Gasteiger partial charge in [-0.2, -0.15) is 11.8 Å². The summed E-state index contributed by atoms with van der Waals surface area (Å²) >= 11 is 1.77. The highest BCUT2D eigenvalue weighted by Gasteiger charge is 2.07. The van der Waals surface area contributed by atoms with Crippen molar-refractivity contribution < 1.29 is 9.18 Å². The number of thioether (sulfide) groups is 1. The number of ketones is 1. The van der Waals surface area contributed by atoms with E-state index in [1.54, 1.807) is 23.9 Å². The van der Waals surface area contributed by atoms with Crippen molar-refractivity contribution in [1.29, 1.82) is 0 Å². The number of hydrogen-bond acceptors (Lipinski definition) is 3. The van der Waals surface area contributed by atoms with E-state index < -0.39 is 0 Å². The van der Waals surface area contributed by atoms with Crippen LogP contribution in [0.3, 0.4) is 0 Å². The maximum absolute atomic E-state index is 12.7. The molecule has 0 unspecified atom stereocenters. The van der Waals surface area contributed by atoms with E-state index >= 15 is 0 Å². The summed E-state index contributed by atoms with van der Waals surface area (Å²) < 4.78 is 12.7. The van der Waals surface area contributed by atoms with Crippen LogP contribution in [0.15, 0.2) is 24.3 Å². The van der Waals surface area contributed by atoms with Crippen molar-refractivity contribution in [3.63, 3.8) is 0 Å². The van der Waals surface area contributed by atoms with Crippen molar-refractivity contribution >= 4 is 17.5 Å². The van der Waals surface area contributed by atoms with Crippen molar-refractivity contribution in [1.82, 2.24) is 4.90 Å². The van der Waals surface area contributed by atoms with Crippen LogP contribution >= 0.6 is 11.8 Å². The first-order valence-electron chi connectivity index (χ1n) is 5.55. The molecule has 4 heteroatoms. The average molecular weight is 255 g/mol. The summed E-state index contributed by atoms with van der Waals surface area (Å²) in [5.74, 6) is 0.929. The quantitative estimate of drug-likeness (QED) is 0.745. The van der Waals surface area contributed by atoms with Crippen LogP contribution in [0.4, 0.5) is 4.39 Å². The Morgan fingerprint density at radius 3 is 2.59 bits per heavy atom. The van der Waals surface area contributed by atoms with Gasteiger partial charge in [0.2, 0.25) is 0 Å². The number of nitrogens with zero attached hydrogens (tertiary/aromatic N) is 1. The molecule has 0 spiro atoms. The van der Waals surface area contributed by atoms with Crippen LogP contribution in [0, 0.1) is 5.82 Å². The fourth-order valence-corrected chi connectivity index (χ4v) is 2.01. The number of benzene rings is 1. The number of carbonyl (C=O) groups excluding carboxylic acids is 1. The first-order chi connectivity index (χ1) is 8.11. The molecule has 94 valence electrons. The zero-order valence-corrected chi connectivity index (χ0v) is 11.1. The van der Waals surface area contributed by atoms with Crippen LogP contribution in [0.2, 0.25) is 0 Å². The predicted molar refractivity (Wildman–Crippen MR) is 71.0 cm³/mol. The van der Waals surface area contributed by atoms with Crippen molar-refractivity contribution in [2.24, 2.45) is 0 Å². The largest absolute Gasteiger partial charge is 0.298 e. The lowest BCUT2D eigenvalue weighted by Gasteiger charge is -2.14. The Hall–Kier alpha value is -0.870. The second-order valence-corrected chi connectivity index (χ2v) is 5.06. The SMILES string of the molecule is CSCCN(C)CC(=O)Cc1ccc(F)cc1. The fourth-order valence-electron chi connectivity index (χ4n) is 1.51. The summed E-state index contributed by atoms with van der Waals surface area (Å²) in [6, 6.07) is 6.10. The van der Waals surface area contributed by atoms with Crippen LogP contribution in [-0.2, 0) is 11.2 Å². The Kier molecular flexibility index (Phi) is 6.22. The Bertz CT molecular complexity index is 353. The van der Waals surface area contributed by atoms with Crippen molar-refractivity contribution in [3.05, 3.63) is 35.6 Å². The molecule has 0 heterocycles. The van der Waals surface area contributed by atoms with Gasteiger partial charge in [0, 0.05) is 18.7 Å². The summed E-state index contributed by atoms with van der Waals surface area (Å²) in [5.41, 5.74) is 0.870. The molecule has 1 rings (SSSR count). The van der Waals surface area contributed by atoms with Gasteiger partial charge in [-0.1, -0.05) is 12.1 Å². The maximum atomic E-state index is 12.7. The summed E-state index contributed by atoms with van der Waals surface area (Å²) in [6.45, 7) is 1.37. The van der Waals surface area contributed by atoms with E-state index in [9.17, 15) is 9.18 Å². The number of likely N-dealkylation sites (N-methyl/N-ethyl adjacent to an activating group) is 1. The Labute approximate surface area is 106 Å². The predicted octanol–water partition coefficient (Wildman–Crippen LogP) is 2.23. The summed E-state index contributed by atoms with van der Waals surface area (Å²) in [5, 5.41) is 0. The van der Waals surface area contributed by atoms with E-state index in [0.717, 1.165) is 17.9 Å². The highest BCUT2D eigenvalue weighted by Crippen LogP contribution is 2.04. The number of Topliss-reactive ketones (excluding diaryl/α,β-unsaturated/α-hetero) is 1. The number of halogens is 1. The third kappa shape index (κ3) is 5.84. The molecular weight excluding hydrogens is 237 g/mol. The lowest BCUT2D eigenvalue weighted by Crippen LogP contribution is -2.28. The summed E-state index contributed by atoms with van der Waals surface area (Å²) in [4.78, 5) is 13.7. The van der Waals surface area contributed by atoms with Crippen LogP contribution in [-0.4, -0.2) is 42.8 Å². The number of hydrogen-bond donors (Lipinski definition) is 0. The van der Waals surface area contributed by atoms with Crippen LogP contribution < -0.4 is 0 Å². The molecule has 2 nitrogen and oxygen atoms in total. The summed E-state index contributed by atoms with van der Waals surface area (Å²) in [7, 11) is 1.94. The Morgan fingerprint density at radius 2 is 2.00 bits per heavy atom. The summed E-state index contributed by atoms with van der Waals surface area (Å²) in [6.07, 6.45) is 2.43. The zero-order chi connectivity index (χ0) is 12.7. The van der Waals surface area contributed by atoms with Crippen LogP contribution in [0.1, 0.15) is 5.56 Å². The van der Waals surface area contributed by atoms with E-state index in [1.165, 1.54) is 12.1 Å². The van der Waals surface area contributed by atoms with Gasteiger partial charge in [-0.3, -0.25) is 9.69 Å². The lowest BCUT2D eigenvalue weighted by atomic mass is 10.1. The van der Waals surface area contributed by atoms with E-state index in [1.807, 2.05) is 18.2 Å². The van der Waals surface area contributed by atoms with Gasteiger partial charge in [0.05, 0.1) is 6.54 Å². The van der Waals surface area contributed by atoms with Crippen molar-refractivity contribution in [2.45, 2.75) is 6.42 Å².